The number of fused-ring (bicyclic) bond motifs is 1. The van der Waals surface area contributed by atoms with Gasteiger partial charge in [-0.25, -0.2) is 14.5 Å². The van der Waals surface area contributed by atoms with E-state index in [9.17, 15) is 9.59 Å². The average Bonchev–Trinajstić information content (AvgIpc) is 3.19. The largest absolute Gasteiger partial charge is 0.351 e. The molecule has 0 radical (unpaired) electrons. The van der Waals surface area contributed by atoms with Crippen molar-refractivity contribution < 1.29 is 9.59 Å². The van der Waals surface area contributed by atoms with Gasteiger partial charge >= 0.3 is 0 Å². The first kappa shape index (κ1) is 18.5. The molecule has 2 amide bonds. The van der Waals surface area contributed by atoms with E-state index in [1.807, 2.05) is 13.8 Å². The lowest BCUT2D eigenvalue weighted by molar-refractivity contribution is 0.0927. The molecule has 0 spiro atoms. The van der Waals surface area contributed by atoms with Crippen molar-refractivity contribution in [1.29, 1.82) is 0 Å². The predicted octanol–water partition coefficient (Wildman–Crippen LogP) is 0.413. The van der Waals surface area contributed by atoms with Gasteiger partial charge in [0.05, 0.1) is 12.0 Å². The predicted molar refractivity (Wildman–Crippen MR) is 97.3 cm³/mol. The van der Waals surface area contributed by atoms with E-state index in [2.05, 4.69) is 30.7 Å². The van der Waals surface area contributed by atoms with Crippen molar-refractivity contribution in [1.82, 2.24) is 39.8 Å². The molecule has 0 aliphatic carbocycles. The number of rotatable bonds is 6. The van der Waals surface area contributed by atoms with Gasteiger partial charge in [-0.05, 0) is 33.3 Å². The van der Waals surface area contributed by atoms with Gasteiger partial charge in [0.2, 0.25) is 5.82 Å². The minimum Gasteiger partial charge on any atom is -0.351 e. The Bertz CT molecular complexity index is 971. The van der Waals surface area contributed by atoms with E-state index in [-0.39, 0.29) is 23.7 Å². The fourth-order valence-corrected chi connectivity index (χ4v) is 2.72. The van der Waals surface area contributed by atoms with Crippen molar-refractivity contribution in [3.63, 3.8) is 0 Å². The molecule has 3 rings (SSSR count). The Balaban J connectivity index is 1.52. The molecule has 10 heteroatoms. The van der Waals surface area contributed by atoms with E-state index >= 15 is 0 Å². The quantitative estimate of drug-likeness (QED) is 0.649. The van der Waals surface area contributed by atoms with Crippen molar-refractivity contribution in [2.45, 2.75) is 33.2 Å². The van der Waals surface area contributed by atoms with Gasteiger partial charge < -0.3 is 15.2 Å². The zero-order chi connectivity index (χ0) is 19.6. The number of nitrogens with zero attached hydrogens (tertiary/aromatic N) is 6. The summed E-state index contributed by atoms with van der Waals surface area (Å²) in [5.41, 5.74) is 2.05. The molecule has 2 N–H and O–H groups in total. The van der Waals surface area contributed by atoms with Gasteiger partial charge in [-0.15, -0.1) is 5.10 Å². The molecule has 0 aromatic carbocycles. The summed E-state index contributed by atoms with van der Waals surface area (Å²) >= 11 is 0. The van der Waals surface area contributed by atoms with Crippen LogP contribution in [0.2, 0.25) is 0 Å². The molecule has 10 nitrogen and oxygen atoms in total. The second-order valence-electron chi connectivity index (χ2n) is 6.44. The lowest BCUT2D eigenvalue weighted by Crippen LogP contribution is -2.37. The van der Waals surface area contributed by atoms with Crippen LogP contribution >= 0.6 is 0 Å². The third kappa shape index (κ3) is 3.94. The molecular weight excluding hydrogens is 348 g/mol. The van der Waals surface area contributed by atoms with Crippen LogP contribution < -0.4 is 10.6 Å². The van der Waals surface area contributed by atoms with E-state index in [1.165, 1.54) is 4.52 Å². The zero-order valence-corrected chi connectivity index (χ0v) is 15.7. The van der Waals surface area contributed by atoms with Gasteiger partial charge in [0.15, 0.2) is 0 Å². The maximum absolute atomic E-state index is 12.3. The Hall–Kier alpha value is -3.30. The van der Waals surface area contributed by atoms with Crippen molar-refractivity contribution in [2.75, 3.05) is 6.54 Å². The maximum atomic E-state index is 12.3. The summed E-state index contributed by atoms with van der Waals surface area (Å²) in [5, 5.41) is 9.86. The van der Waals surface area contributed by atoms with E-state index in [0.717, 1.165) is 5.69 Å². The van der Waals surface area contributed by atoms with Gasteiger partial charge in [0, 0.05) is 31.5 Å². The summed E-state index contributed by atoms with van der Waals surface area (Å²) in [6.07, 6.45) is 3.79. The van der Waals surface area contributed by atoms with E-state index in [4.69, 9.17) is 0 Å². The first-order valence-corrected chi connectivity index (χ1v) is 8.62. The molecule has 0 saturated heterocycles. The van der Waals surface area contributed by atoms with Crippen molar-refractivity contribution in [3.05, 3.63) is 41.5 Å². The van der Waals surface area contributed by atoms with Gasteiger partial charge in [0.1, 0.15) is 5.69 Å². The Morgan fingerprint density at radius 3 is 2.67 bits per heavy atom. The Morgan fingerprint density at radius 1 is 1.22 bits per heavy atom. The molecule has 1 atom stereocenters. The zero-order valence-electron chi connectivity index (χ0n) is 15.7. The molecule has 0 aliphatic heterocycles. The minimum atomic E-state index is -0.374. The summed E-state index contributed by atoms with van der Waals surface area (Å²) in [6, 6.07) is 1.63. The second-order valence-corrected chi connectivity index (χ2v) is 6.44. The monoisotopic (exact) mass is 370 g/mol. The second kappa shape index (κ2) is 7.52. The number of carbonyl (C=O) groups is 2. The molecule has 3 aromatic rings. The summed E-state index contributed by atoms with van der Waals surface area (Å²) in [4.78, 5) is 36.9. The van der Waals surface area contributed by atoms with Crippen LogP contribution in [0.25, 0.3) is 5.78 Å². The van der Waals surface area contributed by atoms with Gasteiger partial charge in [-0.2, -0.15) is 4.98 Å². The minimum absolute atomic E-state index is 0.0678. The first-order chi connectivity index (χ1) is 12.9. The van der Waals surface area contributed by atoms with Crippen LogP contribution in [0.4, 0.5) is 0 Å². The molecule has 0 bridgehead atoms. The topological polar surface area (TPSA) is 119 Å². The molecule has 3 aromatic heterocycles. The fraction of sp³-hybridized carbons (Fsp3) is 0.412. The maximum Gasteiger partial charge on any atom is 0.291 e. The number of carbonyl (C=O) groups excluding carboxylic acids is 2. The number of aromatic nitrogens is 6. The number of hydrogen-bond donors (Lipinski definition) is 2. The molecule has 142 valence electrons. The van der Waals surface area contributed by atoms with Crippen LogP contribution in [0.5, 0.6) is 0 Å². The molecule has 3 heterocycles. The van der Waals surface area contributed by atoms with E-state index in [1.54, 1.807) is 37.1 Å². The highest BCUT2D eigenvalue weighted by molar-refractivity contribution is 5.93. The van der Waals surface area contributed by atoms with Crippen LogP contribution in [0.15, 0.2) is 18.6 Å². The Labute approximate surface area is 156 Å². The smallest absolute Gasteiger partial charge is 0.291 e. The SMILES string of the molecule is Cc1ncn(C)c1C(=O)NCC[C@H](C)NC(=O)c1nc2nccc(C)n2n1. The van der Waals surface area contributed by atoms with E-state index in [0.29, 0.717) is 30.1 Å². The first-order valence-electron chi connectivity index (χ1n) is 8.62. The van der Waals surface area contributed by atoms with Crippen molar-refractivity contribution in [3.8, 4) is 0 Å². The van der Waals surface area contributed by atoms with Gasteiger partial charge in [-0.3, -0.25) is 9.59 Å². The number of aryl methyl sites for hydroxylation is 3. The lowest BCUT2D eigenvalue weighted by atomic mass is 10.2. The average molecular weight is 370 g/mol. The summed E-state index contributed by atoms with van der Waals surface area (Å²) < 4.78 is 3.21. The number of imidazole rings is 1. The summed E-state index contributed by atoms with van der Waals surface area (Å²) in [6.45, 7) is 5.93. The summed E-state index contributed by atoms with van der Waals surface area (Å²) in [7, 11) is 1.77. The third-order valence-corrected chi connectivity index (χ3v) is 4.21. The fourth-order valence-electron chi connectivity index (χ4n) is 2.72. The van der Waals surface area contributed by atoms with Crippen LogP contribution in [0, 0.1) is 13.8 Å². The molecule has 0 aliphatic rings. The van der Waals surface area contributed by atoms with Gasteiger partial charge in [-0.1, -0.05) is 0 Å². The molecular formula is C17H22N8O2. The van der Waals surface area contributed by atoms with Crippen LogP contribution in [0.3, 0.4) is 0 Å². The van der Waals surface area contributed by atoms with E-state index < -0.39 is 0 Å². The number of hydrogen-bond acceptors (Lipinski definition) is 6. The molecule has 0 saturated carbocycles. The summed E-state index contributed by atoms with van der Waals surface area (Å²) in [5.74, 6) is -0.111. The van der Waals surface area contributed by atoms with Gasteiger partial charge in [0.25, 0.3) is 17.6 Å². The molecule has 0 unspecified atom stereocenters. The normalized spacial score (nSPS) is 12.1. The highest BCUT2D eigenvalue weighted by Gasteiger charge is 2.17. The highest BCUT2D eigenvalue weighted by Crippen LogP contribution is 2.05. The third-order valence-electron chi connectivity index (χ3n) is 4.21. The standard InChI is InChI=1S/C17H22N8O2/c1-10(5-7-18-15(26)13-12(3)20-9-24(13)4)21-16(27)14-22-17-19-8-6-11(2)25(17)23-14/h6,8-10H,5,7H2,1-4H3,(H,18,26)(H,21,27)/t10-/m0/s1. The van der Waals surface area contributed by atoms with Crippen LogP contribution in [-0.4, -0.2) is 53.5 Å². The van der Waals surface area contributed by atoms with Crippen LogP contribution in [0.1, 0.15) is 45.8 Å². The molecule has 27 heavy (non-hydrogen) atoms. The number of nitrogens with one attached hydrogen (secondary N) is 2. The highest BCUT2D eigenvalue weighted by atomic mass is 16.2. The Kier molecular flexibility index (Phi) is 5.15. The molecule has 0 fully saturated rings. The van der Waals surface area contributed by atoms with Crippen LogP contribution in [-0.2, 0) is 7.05 Å². The van der Waals surface area contributed by atoms with Crippen molar-refractivity contribution >= 4 is 17.6 Å². The Morgan fingerprint density at radius 2 is 2.00 bits per heavy atom. The number of amides is 2. The lowest BCUT2D eigenvalue weighted by Gasteiger charge is -2.13. The van der Waals surface area contributed by atoms with Crippen molar-refractivity contribution in [2.24, 2.45) is 7.05 Å².